The Morgan fingerprint density at radius 2 is 1.80 bits per heavy atom. The smallest absolute Gasteiger partial charge is 0.250 e. The number of nitrogens with zero attached hydrogens (tertiary/aromatic N) is 2. The molecule has 2 N–H and O–H groups in total. The Labute approximate surface area is 212 Å². The Balaban J connectivity index is 1.84. The second-order valence-corrected chi connectivity index (χ2v) is 11.5. The molecule has 3 rings (SSSR count). The average molecular weight is 512 g/mol. The molecule has 35 heavy (non-hydrogen) atoms. The number of hydrogen-bond donors (Lipinski definition) is 2. The summed E-state index contributed by atoms with van der Waals surface area (Å²) in [6, 6.07) is 18.5. The number of benzene rings is 2. The summed E-state index contributed by atoms with van der Waals surface area (Å²) < 4.78 is 27.4. The summed E-state index contributed by atoms with van der Waals surface area (Å²) in [5.74, 6) is -0.233. The van der Waals surface area contributed by atoms with E-state index in [4.69, 9.17) is 5.11 Å². The number of allylic oxidation sites excluding steroid dienone is 1. The topological polar surface area (TPSA) is 93.4 Å². The Kier molecular flexibility index (Phi) is 9.47. The van der Waals surface area contributed by atoms with E-state index in [1.54, 1.807) is 13.0 Å². The summed E-state index contributed by atoms with van der Waals surface area (Å²) in [6.07, 6.45) is 3.61. The van der Waals surface area contributed by atoms with E-state index in [9.17, 15) is 13.7 Å². The standard InChI is InChI=1S/C27H33N3O3S2/c1-4-12-30(13-5-2)24-9-8-21-14-23(7-6-22(21)15-24)27-11-10-25(34-27)16-26(17-28)35(32,33)29-18-20(3)19-31/h6-11,14-16,20,29,31H,4-5,12-13,18-19H2,1-3H3/b26-16+. The Bertz CT molecular complexity index is 1320. The molecule has 186 valence electrons. The summed E-state index contributed by atoms with van der Waals surface area (Å²) in [7, 11) is -3.94. The van der Waals surface area contributed by atoms with Crippen LogP contribution in [0.5, 0.6) is 0 Å². The van der Waals surface area contributed by atoms with Crippen molar-refractivity contribution in [2.75, 3.05) is 31.1 Å². The Hall–Kier alpha value is -2.70. The number of thiophene rings is 1. The van der Waals surface area contributed by atoms with Crippen molar-refractivity contribution in [1.29, 1.82) is 5.26 Å². The maximum absolute atomic E-state index is 12.5. The lowest BCUT2D eigenvalue weighted by molar-refractivity contribution is 0.239. The van der Waals surface area contributed by atoms with Gasteiger partial charge in [0.1, 0.15) is 6.07 Å². The molecule has 1 heterocycles. The number of aliphatic hydroxyl groups excluding tert-OH is 1. The van der Waals surface area contributed by atoms with Gasteiger partial charge in [0.15, 0.2) is 4.91 Å². The van der Waals surface area contributed by atoms with Gasteiger partial charge in [-0.25, -0.2) is 13.1 Å². The van der Waals surface area contributed by atoms with E-state index in [1.807, 2.05) is 12.1 Å². The number of nitrogens with one attached hydrogen (secondary N) is 1. The number of aliphatic hydroxyl groups is 1. The highest BCUT2D eigenvalue weighted by Crippen LogP contribution is 2.33. The molecule has 0 bridgehead atoms. The van der Waals surface area contributed by atoms with Crippen molar-refractivity contribution in [2.45, 2.75) is 33.6 Å². The van der Waals surface area contributed by atoms with Crippen LogP contribution in [-0.4, -0.2) is 39.8 Å². The van der Waals surface area contributed by atoms with Crippen molar-refractivity contribution < 1.29 is 13.5 Å². The first kappa shape index (κ1) is 26.9. The van der Waals surface area contributed by atoms with Gasteiger partial charge in [-0.3, -0.25) is 0 Å². The number of nitriles is 1. The van der Waals surface area contributed by atoms with Gasteiger partial charge in [0.05, 0.1) is 0 Å². The Morgan fingerprint density at radius 3 is 2.46 bits per heavy atom. The first-order chi connectivity index (χ1) is 16.8. The monoisotopic (exact) mass is 511 g/mol. The number of hydrogen-bond acceptors (Lipinski definition) is 6. The van der Waals surface area contributed by atoms with Crippen molar-refractivity contribution in [3.05, 3.63) is 58.3 Å². The first-order valence-electron chi connectivity index (χ1n) is 11.9. The molecule has 8 heteroatoms. The molecule has 0 aliphatic heterocycles. The molecule has 1 unspecified atom stereocenters. The van der Waals surface area contributed by atoms with Crippen molar-refractivity contribution >= 4 is 43.9 Å². The maximum Gasteiger partial charge on any atom is 0.250 e. The van der Waals surface area contributed by atoms with E-state index in [0.29, 0.717) is 4.88 Å². The second kappa shape index (κ2) is 12.3. The number of sulfonamides is 1. The van der Waals surface area contributed by atoms with Crippen molar-refractivity contribution in [1.82, 2.24) is 4.72 Å². The molecule has 0 aliphatic rings. The van der Waals surface area contributed by atoms with Crippen LogP contribution in [0, 0.1) is 17.2 Å². The van der Waals surface area contributed by atoms with Crippen molar-refractivity contribution in [3.63, 3.8) is 0 Å². The summed E-state index contributed by atoms with van der Waals surface area (Å²) in [6.45, 7) is 8.14. The lowest BCUT2D eigenvalue weighted by Crippen LogP contribution is -2.30. The highest BCUT2D eigenvalue weighted by atomic mass is 32.2. The van der Waals surface area contributed by atoms with Crippen LogP contribution in [0.15, 0.2) is 53.4 Å². The SMILES string of the molecule is CCCN(CCC)c1ccc2cc(-c3ccc(/C=C(\C#N)S(=O)(=O)NCC(C)CO)s3)ccc2c1. The van der Waals surface area contributed by atoms with E-state index in [2.05, 4.69) is 59.9 Å². The molecule has 0 aliphatic carbocycles. The predicted molar refractivity (Wildman–Crippen MR) is 147 cm³/mol. The van der Waals surface area contributed by atoms with Crippen LogP contribution in [0.4, 0.5) is 5.69 Å². The van der Waals surface area contributed by atoms with E-state index in [1.165, 1.54) is 28.5 Å². The molecule has 0 saturated heterocycles. The van der Waals surface area contributed by atoms with Crippen LogP contribution in [0.2, 0.25) is 0 Å². The molecule has 1 atom stereocenters. The minimum absolute atomic E-state index is 0.0704. The van der Waals surface area contributed by atoms with Gasteiger partial charge in [0, 0.05) is 41.7 Å². The van der Waals surface area contributed by atoms with E-state index >= 15 is 0 Å². The predicted octanol–water partition coefficient (Wildman–Crippen LogP) is 5.61. The minimum atomic E-state index is -3.94. The van der Waals surface area contributed by atoms with Gasteiger partial charge in [0.25, 0.3) is 10.0 Å². The fraction of sp³-hybridized carbons (Fsp3) is 0.370. The number of rotatable bonds is 12. The molecular weight excluding hydrogens is 478 g/mol. The third-order valence-corrected chi connectivity index (χ3v) is 8.11. The lowest BCUT2D eigenvalue weighted by Gasteiger charge is -2.24. The van der Waals surface area contributed by atoms with E-state index < -0.39 is 10.0 Å². The summed E-state index contributed by atoms with van der Waals surface area (Å²) >= 11 is 1.44. The normalized spacial score (nSPS) is 13.1. The molecule has 0 spiro atoms. The van der Waals surface area contributed by atoms with Gasteiger partial charge in [-0.1, -0.05) is 39.0 Å². The van der Waals surface area contributed by atoms with Gasteiger partial charge >= 0.3 is 0 Å². The lowest BCUT2D eigenvalue weighted by atomic mass is 10.0. The fourth-order valence-corrected chi connectivity index (χ4v) is 5.86. The molecule has 1 aromatic heterocycles. The van der Waals surface area contributed by atoms with Crippen LogP contribution >= 0.6 is 11.3 Å². The van der Waals surface area contributed by atoms with Gasteiger partial charge in [0.2, 0.25) is 0 Å². The highest BCUT2D eigenvalue weighted by molar-refractivity contribution is 7.93. The summed E-state index contributed by atoms with van der Waals surface area (Å²) in [5.41, 5.74) is 2.29. The number of fused-ring (bicyclic) bond motifs is 1. The van der Waals surface area contributed by atoms with Gasteiger partial charge in [-0.2, -0.15) is 5.26 Å². The minimum Gasteiger partial charge on any atom is -0.396 e. The third kappa shape index (κ3) is 6.92. The Morgan fingerprint density at radius 1 is 1.11 bits per heavy atom. The fourth-order valence-electron chi connectivity index (χ4n) is 3.77. The van der Waals surface area contributed by atoms with Crippen molar-refractivity contribution in [3.8, 4) is 16.5 Å². The summed E-state index contributed by atoms with van der Waals surface area (Å²) in [4.78, 5) is 3.76. The van der Waals surface area contributed by atoms with Crippen molar-refractivity contribution in [2.24, 2.45) is 5.92 Å². The third-order valence-electron chi connectivity index (χ3n) is 5.69. The molecule has 2 aromatic carbocycles. The molecule has 0 amide bonds. The summed E-state index contributed by atoms with van der Waals surface area (Å²) in [5, 5.41) is 20.9. The highest BCUT2D eigenvalue weighted by Gasteiger charge is 2.19. The van der Waals surface area contributed by atoms with Crippen LogP contribution in [0.25, 0.3) is 27.3 Å². The molecule has 0 saturated carbocycles. The van der Waals surface area contributed by atoms with Crippen LogP contribution in [-0.2, 0) is 10.0 Å². The zero-order valence-electron chi connectivity index (χ0n) is 20.5. The van der Waals surface area contributed by atoms with Crippen LogP contribution in [0.3, 0.4) is 0 Å². The van der Waals surface area contributed by atoms with Crippen LogP contribution < -0.4 is 9.62 Å². The molecule has 6 nitrogen and oxygen atoms in total. The molecule has 0 fully saturated rings. The second-order valence-electron chi connectivity index (χ2n) is 8.70. The molecular formula is C27H33N3O3S2. The van der Waals surface area contributed by atoms with E-state index in [0.717, 1.165) is 41.8 Å². The van der Waals surface area contributed by atoms with Crippen LogP contribution in [0.1, 0.15) is 38.5 Å². The van der Waals surface area contributed by atoms with Gasteiger partial charge < -0.3 is 10.0 Å². The van der Waals surface area contributed by atoms with Gasteiger partial charge in [-0.15, -0.1) is 11.3 Å². The van der Waals surface area contributed by atoms with E-state index in [-0.39, 0.29) is 24.0 Å². The first-order valence-corrected chi connectivity index (χ1v) is 14.2. The largest absolute Gasteiger partial charge is 0.396 e. The molecule has 0 radical (unpaired) electrons. The quantitative estimate of drug-likeness (QED) is 0.309. The average Bonchev–Trinajstić information content (AvgIpc) is 3.33. The zero-order valence-corrected chi connectivity index (χ0v) is 22.1. The zero-order chi connectivity index (χ0) is 25.4. The van der Waals surface area contributed by atoms with Gasteiger partial charge in [-0.05, 0) is 71.5 Å². The number of anilines is 1. The molecule has 3 aromatic rings. The maximum atomic E-state index is 12.5.